The van der Waals surface area contributed by atoms with Gasteiger partial charge in [0.25, 0.3) is 0 Å². The minimum Gasteiger partial charge on any atom is -0.408 e. The summed E-state index contributed by atoms with van der Waals surface area (Å²) in [5, 5.41) is 7.56. The van der Waals surface area contributed by atoms with Crippen LogP contribution in [0.2, 0.25) is 0 Å². The number of aromatic nitrogens is 4. The Balaban J connectivity index is 2.24. The number of rotatable bonds is 1. The molecule has 0 aliphatic heterocycles. The van der Waals surface area contributed by atoms with Crippen LogP contribution in [0.3, 0.4) is 0 Å². The van der Waals surface area contributed by atoms with Gasteiger partial charge in [-0.3, -0.25) is 4.98 Å². The molecule has 0 aliphatic carbocycles. The highest BCUT2D eigenvalue weighted by molar-refractivity contribution is 5.81. The molecule has 3 N–H and O–H groups in total. The monoisotopic (exact) mass is 229 g/mol. The summed E-state index contributed by atoms with van der Waals surface area (Å²) in [4.78, 5) is 17.4. The zero-order valence-electron chi connectivity index (χ0n) is 8.54. The Hall–Kier alpha value is -2.70. The summed E-state index contributed by atoms with van der Waals surface area (Å²) in [6, 6.07) is 5.13. The van der Waals surface area contributed by atoms with E-state index in [9.17, 15) is 4.79 Å². The number of oxazole rings is 1. The third kappa shape index (κ3) is 1.53. The molecule has 3 rings (SSSR count). The number of benzene rings is 1. The van der Waals surface area contributed by atoms with Gasteiger partial charge in [-0.05, 0) is 12.1 Å². The van der Waals surface area contributed by atoms with E-state index >= 15 is 0 Å². The highest BCUT2D eigenvalue weighted by Gasteiger charge is 2.08. The van der Waals surface area contributed by atoms with Crippen molar-refractivity contribution in [3.63, 3.8) is 0 Å². The van der Waals surface area contributed by atoms with E-state index in [0.717, 1.165) is 0 Å². The van der Waals surface area contributed by atoms with E-state index in [1.165, 1.54) is 6.33 Å². The second-order valence-corrected chi connectivity index (χ2v) is 3.42. The molecule has 3 aromatic rings. The fourth-order valence-electron chi connectivity index (χ4n) is 1.58. The summed E-state index contributed by atoms with van der Waals surface area (Å²) in [7, 11) is 0. The van der Waals surface area contributed by atoms with Crippen LogP contribution >= 0.6 is 0 Å². The summed E-state index contributed by atoms with van der Waals surface area (Å²) >= 11 is 0. The molecule has 0 atom stereocenters. The van der Waals surface area contributed by atoms with Gasteiger partial charge in [-0.25, -0.2) is 9.78 Å². The number of hydrogen-bond acceptors (Lipinski definition) is 6. The zero-order valence-corrected chi connectivity index (χ0v) is 8.54. The molecule has 2 heterocycles. The third-order valence-electron chi connectivity index (χ3n) is 2.34. The first kappa shape index (κ1) is 9.52. The SMILES string of the molecule is Nc1ncnnc1-c1ccc2[nH]c(=O)oc2c1. The molecule has 0 fully saturated rings. The van der Waals surface area contributed by atoms with Gasteiger partial charge in [-0.2, -0.15) is 0 Å². The lowest BCUT2D eigenvalue weighted by Gasteiger charge is -2.01. The predicted octanol–water partition coefficient (Wildman–Crippen LogP) is 0.555. The number of H-pyrrole nitrogens is 1. The van der Waals surface area contributed by atoms with Crippen LogP contribution in [0.1, 0.15) is 0 Å². The van der Waals surface area contributed by atoms with Crippen molar-refractivity contribution in [1.82, 2.24) is 20.2 Å². The summed E-state index contributed by atoms with van der Waals surface area (Å²) in [6.45, 7) is 0. The molecular formula is C10H7N5O2. The number of nitrogens with zero attached hydrogens (tertiary/aromatic N) is 3. The van der Waals surface area contributed by atoms with E-state index in [4.69, 9.17) is 10.2 Å². The van der Waals surface area contributed by atoms with Gasteiger partial charge >= 0.3 is 5.76 Å². The maximum atomic E-state index is 11.0. The molecule has 1 aromatic carbocycles. The average molecular weight is 229 g/mol. The number of aromatic amines is 1. The Morgan fingerprint density at radius 1 is 1.35 bits per heavy atom. The summed E-state index contributed by atoms with van der Waals surface area (Å²) < 4.78 is 4.95. The molecule has 0 bridgehead atoms. The fraction of sp³-hybridized carbons (Fsp3) is 0. The van der Waals surface area contributed by atoms with E-state index in [1.807, 2.05) is 0 Å². The third-order valence-corrected chi connectivity index (χ3v) is 2.34. The first-order chi connectivity index (χ1) is 8.24. The number of nitrogen functional groups attached to an aromatic ring is 1. The van der Waals surface area contributed by atoms with Crippen molar-refractivity contribution < 1.29 is 4.42 Å². The molecule has 0 spiro atoms. The van der Waals surface area contributed by atoms with Crippen LogP contribution in [-0.4, -0.2) is 20.2 Å². The van der Waals surface area contributed by atoms with Crippen molar-refractivity contribution in [2.45, 2.75) is 0 Å². The molecular weight excluding hydrogens is 222 g/mol. The Morgan fingerprint density at radius 2 is 2.24 bits per heavy atom. The quantitative estimate of drug-likeness (QED) is 0.630. The molecule has 0 unspecified atom stereocenters. The van der Waals surface area contributed by atoms with Crippen molar-refractivity contribution in [3.05, 3.63) is 35.1 Å². The van der Waals surface area contributed by atoms with Gasteiger partial charge in [-0.15, -0.1) is 10.2 Å². The normalized spacial score (nSPS) is 10.8. The van der Waals surface area contributed by atoms with Crippen LogP contribution in [0, 0.1) is 0 Å². The van der Waals surface area contributed by atoms with Crippen molar-refractivity contribution in [2.75, 3.05) is 5.73 Å². The lowest BCUT2D eigenvalue weighted by molar-refractivity contribution is 0.555. The molecule has 0 saturated heterocycles. The fourth-order valence-corrected chi connectivity index (χ4v) is 1.58. The van der Waals surface area contributed by atoms with Crippen molar-refractivity contribution in [1.29, 1.82) is 0 Å². The molecule has 84 valence electrons. The minimum atomic E-state index is -0.498. The highest BCUT2D eigenvalue weighted by atomic mass is 16.4. The molecule has 0 aliphatic rings. The minimum absolute atomic E-state index is 0.275. The maximum absolute atomic E-state index is 11.0. The number of hydrogen-bond donors (Lipinski definition) is 2. The van der Waals surface area contributed by atoms with Gasteiger partial charge in [0.05, 0.1) is 5.52 Å². The van der Waals surface area contributed by atoms with Crippen LogP contribution in [0.25, 0.3) is 22.4 Å². The molecule has 7 heteroatoms. The first-order valence-corrected chi connectivity index (χ1v) is 4.80. The lowest BCUT2D eigenvalue weighted by atomic mass is 10.1. The number of fused-ring (bicyclic) bond motifs is 1. The van der Waals surface area contributed by atoms with E-state index in [1.54, 1.807) is 18.2 Å². The first-order valence-electron chi connectivity index (χ1n) is 4.80. The molecule has 0 saturated carbocycles. The van der Waals surface area contributed by atoms with Gasteiger partial charge in [-0.1, -0.05) is 6.07 Å². The second kappa shape index (κ2) is 3.41. The largest absolute Gasteiger partial charge is 0.417 e. The van der Waals surface area contributed by atoms with E-state index in [0.29, 0.717) is 22.4 Å². The van der Waals surface area contributed by atoms with Gasteiger partial charge in [0.1, 0.15) is 12.0 Å². The molecule has 0 radical (unpaired) electrons. The summed E-state index contributed by atoms with van der Waals surface area (Å²) in [5.74, 6) is -0.223. The van der Waals surface area contributed by atoms with Crippen LogP contribution < -0.4 is 11.5 Å². The van der Waals surface area contributed by atoms with Crippen LogP contribution in [-0.2, 0) is 0 Å². The van der Waals surface area contributed by atoms with Crippen molar-refractivity contribution >= 4 is 16.9 Å². The van der Waals surface area contributed by atoms with E-state index in [2.05, 4.69) is 20.2 Å². The van der Waals surface area contributed by atoms with Gasteiger partial charge < -0.3 is 10.2 Å². The van der Waals surface area contributed by atoms with Gasteiger partial charge in [0.2, 0.25) is 0 Å². The molecule has 2 aromatic heterocycles. The van der Waals surface area contributed by atoms with Crippen molar-refractivity contribution in [3.8, 4) is 11.3 Å². The van der Waals surface area contributed by atoms with E-state index < -0.39 is 5.76 Å². The Kier molecular flexibility index (Phi) is 1.91. The van der Waals surface area contributed by atoms with Crippen LogP contribution in [0.4, 0.5) is 5.82 Å². The maximum Gasteiger partial charge on any atom is 0.417 e. The Bertz CT molecular complexity index is 746. The van der Waals surface area contributed by atoms with Crippen molar-refractivity contribution in [2.24, 2.45) is 0 Å². The zero-order chi connectivity index (χ0) is 11.8. The lowest BCUT2D eigenvalue weighted by Crippen LogP contribution is -1.98. The molecule has 7 nitrogen and oxygen atoms in total. The smallest absolute Gasteiger partial charge is 0.408 e. The summed E-state index contributed by atoms with van der Waals surface area (Å²) in [5.41, 5.74) is 7.90. The topological polar surface area (TPSA) is 111 Å². The van der Waals surface area contributed by atoms with Crippen LogP contribution in [0.5, 0.6) is 0 Å². The predicted molar refractivity (Wildman–Crippen MR) is 60.1 cm³/mol. The Morgan fingerprint density at radius 3 is 3.06 bits per heavy atom. The molecule has 17 heavy (non-hydrogen) atoms. The van der Waals surface area contributed by atoms with E-state index in [-0.39, 0.29) is 5.82 Å². The van der Waals surface area contributed by atoms with Crippen LogP contribution in [0.15, 0.2) is 33.7 Å². The second-order valence-electron chi connectivity index (χ2n) is 3.42. The summed E-state index contributed by atoms with van der Waals surface area (Å²) in [6.07, 6.45) is 1.27. The molecule has 0 amide bonds. The standard InChI is InChI=1S/C10H7N5O2/c11-9-8(15-13-4-12-9)5-1-2-6-7(3-5)17-10(16)14-6/h1-4H,(H,14,16)(H2,11,12,13). The number of anilines is 1. The van der Waals surface area contributed by atoms with Gasteiger partial charge in [0, 0.05) is 5.56 Å². The Labute approximate surface area is 94.3 Å². The van der Waals surface area contributed by atoms with Gasteiger partial charge in [0.15, 0.2) is 11.4 Å². The highest BCUT2D eigenvalue weighted by Crippen LogP contribution is 2.23. The number of nitrogens with two attached hydrogens (primary N) is 1. The average Bonchev–Trinajstić information content (AvgIpc) is 2.68. The number of nitrogens with one attached hydrogen (secondary N) is 1.